The molecule has 60 heavy (non-hydrogen) atoms. The minimum atomic E-state index is -1.49. The number of carbonyl (C=O) groups is 8. The fourth-order valence-electron chi connectivity index (χ4n) is 6.33. The van der Waals surface area contributed by atoms with Gasteiger partial charge in [-0.15, -0.1) is 0 Å². The van der Waals surface area contributed by atoms with Crippen LogP contribution in [-0.4, -0.2) is 137 Å². The minimum absolute atomic E-state index is 0.0478. The summed E-state index contributed by atoms with van der Waals surface area (Å²) in [4.78, 5) is 108. The molecular formula is C38H69N11O10S. The van der Waals surface area contributed by atoms with E-state index in [1.54, 1.807) is 0 Å². The highest BCUT2D eigenvalue weighted by Crippen LogP contribution is 2.27. The number of hydrogen-bond donors (Lipinski definition) is 12. The lowest BCUT2D eigenvalue weighted by atomic mass is 9.84. The van der Waals surface area contributed by atoms with Gasteiger partial charge >= 0.3 is 5.97 Å². The Morgan fingerprint density at radius 2 is 1.12 bits per heavy atom. The summed E-state index contributed by atoms with van der Waals surface area (Å²) in [6, 6.07) is -9.44. The molecule has 0 spiro atoms. The minimum Gasteiger partial charge on any atom is -0.480 e. The Labute approximate surface area is 356 Å². The van der Waals surface area contributed by atoms with Gasteiger partial charge in [-0.3, -0.25) is 38.6 Å². The van der Waals surface area contributed by atoms with Gasteiger partial charge in [-0.05, 0) is 76.7 Å². The molecule has 0 saturated heterocycles. The van der Waals surface area contributed by atoms with Crippen LogP contribution < -0.4 is 54.4 Å². The second kappa shape index (κ2) is 27.9. The number of aliphatic hydroxyl groups excluding tert-OH is 1. The second-order valence-corrected chi connectivity index (χ2v) is 16.6. The number of amides is 7. The highest BCUT2D eigenvalue weighted by molar-refractivity contribution is 7.98. The molecule has 22 heteroatoms. The quantitative estimate of drug-likeness (QED) is 0.0234. The summed E-state index contributed by atoms with van der Waals surface area (Å²) in [5, 5.41) is 37.1. The van der Waals surface area contributed by atoms with Crippen molar-refractivity contribution in [1.29, 1.82) is 0 Å². The van der Waals surface area contributed by atoms with Crippen LogP contribution in [0.15, 0.2) is 4.99 Å². The number of guanidine groups is 1. The Balaban J connectivity index is 3.04. The predicted molar refractivity (Wildman–Crippen MR) is 227 cm³/mol. The number of nitrogens with two attached hydrogens (primary N) is 3. The SMILES string of the molecule is CSCC[C@H](N)C(=O)N[C@@H](C)C(=O)N[C@@H](CO)C(=O)N[C@@H](C)C(=O)N[C@@H](C)C(=O)N[C@@H](CC1CCCCC1)C(=O)N[C@@H](CCCN=C(N)N)C(=O)N[C@@H](CC(C)C)C(=O)O. The Morgan fingerprint density at radius 1 is 0.650 bits per heavy atom. The maximum atomic E-state index is 13.9. The Morgan fingerprint density at radius 3 is 1.63 bits per heavy atom. The van der Waals surface area contributed by atoms with Crippen LogP contribution in [0.25, 0.3) is 0 Å². The van der Waals surface area contributed by atoms with E-state index in [0.29, 0.717) is 12.2 Å². The van der Waals surface area contributed by atoms with Crippen LogP contribution in [0.1, 0.15) is 98.8 Å². The number of aliphatic hydroxyl groups is 1. The molecule has 0 unspecified atom stereocenters. The van der Waals surface area contributed by atoms with Crippen molar-refractivity contribution in [3.8, 4) is 0 Å². The molecule has 1 saturated carbocycles. The molecule has 0 aromatic carbocycles. The summed E-state index contributed by atoms with van der Waals surface area (Å²) in [7, 11) is 0. The molecule has 15 N–H and O–H groups in total. The first-order valence-corrected chi connectivity index (χ1v) is 21.9. The van der Waals surface area contributed by atoms with Gasteiger partial charge in [0.05, 0.1) is 12.6 Å². The summed E-state index contributed by atoms with van der Waals surface area (Å²) in [5.74, 6) is -5.94. The first kappa shape index (κ1) is 53.3. The number of carboxylic acid groups (broad SMARTS) is 1. The molecule has 21 nitrogen and oxygen atoms in total. The molecule has 1 aliphatic rings. The number of nitrogens with one attached hydrogen (secondary N) is 7. The van der Waals surface area contributed by atoms with Gasteiger partial charge in [0.2, 0.25) is 41.4 Å². The van der Waals surface area contributed by atoms with E-state index < -0.39 is 102 Å². The normalized spacial score (nSPS) is 16.9. The Kier molecular flexibility index (Phi) is 24.8. The van der Waals surface area contributed by atoms with E-state index in [1.807, 2.05) is 20.1 Å². The number of nitrogens with zero attached hydrogens (tertiary/aromatic N) is 1. The fourth-order valence-corrected chi connectivity index (χ4v) is 6.82. The van der Waals surface area contributed by atoms with Gasteiger partial charge in [0.25, 0.3) is 0 Å². The average molecular weight is 872 g/mol. The highest BCUT2D eigenvalue weighted by atomic mass is 32.2. The molecule has 0 aromatic rings. The zero-order valence-corrected chi connectivity index (χ0v) is 36.5. The highest BCUT2D eigenvalue weighted by Gasteiger charge is 2.33. The molecule has 0 heterocycles. The third kappa shape index (κ3) is 20.5. The zero-order valence-electron chi connectivity index (χ0n) is 35.7. The Bertz CT molecular complexity index is 1480. The van der Waals surface area contributed by atoms with Gasteiger partial charge in [-0.2, -0.15) is 11.8 Å². The molecule has 342 valence electrons. The summed E-state index contributed by atoms with van der Waals surface area (Å²) in [6.07, 6.45) is 7.48. The van der Waals surface area contributed by atoms with Crippen molar-refractivity contribution in [2.24, 2.45) is 34.0 Å². The van der Waals surface area contributed by atoms with Crippen LogP contribution in [0.3, 0.4) is 0 Å². The lowest BCUT2D eigenvalue weighted by Crippen LogP contribution is -2.59. The molecular weight excluding hydrogens is 803 g/mol. The van der Waals surface area contributed by atoms with Gasteiger partial charge in [0.1, 0.15) is 42.3 Å². The van der Waals surface area contributed by atoms with E-state index in [9.17, 15) is 48.6 Å². The molecule has 1 rings (SSSR count). The van der Waals surface area contributed by atoms with Gasteiger partial charge in [0, 0.05) is 6.54 Å². The third-order valence-corrected chi connectivity index (χ3v) is 10.5. The number of hydrogen-bond acceptors (Lipinski definition) is 12. The van der Waals surface area contributed by atoms with Crippen LogP contribution in [0.5, 0.6) is 0 Å². The van der Waals surface area contributed by atoms with Crippen molar-refractivity contribution in [3.63, 3.8) is 0 Å². The van der Waals surface area contributed by atoms with Gasteiger partial charge in [-0.25, -0.2) is 4.79 Å². The summed E-state index contributed by atoms with van der Waals surface area (Å²) < 4.78 is 0. The summed E-state index contributed by atoms with van der Waals surface area (Å²) >= 11 is 1.51. The lowest BCUT2D eigenvalue weighted by Gasteiger charge is -2.29. The molecule has 0 aliphatic heterocycles. The van der Waals surface area contributed by atoms with E-state index in [1.165, 1.54) is 32.5 Å². The Hall–Kier alpha value is -4.70. The van der Waals surface area contributed by atoms with Gasteiger partial charge in [-0.1, -0.05) is 46.0 Å². The predicted octanol–water partition coefficient (Wildman–Crippen LogP) is -2.33. The van der Waals surface area contributed by atoms with Crippen molar-refractivity contribution < 1.29 is 48.6 Å². The van der Waals surface area contributed by atoms with E-state index >= 15 is 0 Å². The monoisotopic (exact) mass is 871 g/mol. The van der Waals surface area contributed by atoms with Crippen molar-refractivity contribution in [2.45, 2.75) is 147 Å². The third-order valence-electron chi connectivity index (χ3n) is 9.87. The molecule has 7 amide bonds. The molecule has 1 aliphatic carbocycles. The topological polar surface area (TPSA) is 352 Å². The lowest BCUT2D eigenvalue weighted by molar-refractivity contribution is -0.143. The smallest absolute Gasteiger partial charge is 0.326 e. The molecule has 1 fully saturated rings. The van der Waals surface area contributed by atoms with Gasteiger partial charge < -0.3 is 64.6 Å². The van der Waals surface area contributed by atoms with E-state index in [2.05, 4.69) is 42.2 Å². The maximum Gasteiger partial charge on any atom is 0.326 e. The van der Waals surface area contributed by atoms with Crippen LogP contribution in [-0.2, 0) is 38.4 Å². The first-order chi connectivity index (χ1) is 28.2. The van der Waals surface area contributed by atoms with Crippen molar-refractivity contribution >= 4 is 65.0 Å². The van der Waals surface area contributed by atoms with Crippen LogP contribution in [0, 0.1) is 11.8 Å². The summed E-state index contributed by atoms with van der Waals surface area (Å²) in [6.45, 7) is 6.99. The van der Waals surface area contributed by atoms with E-state index in [0.717, 1.165) is 32.1 Å². The van der Waals surface area contributed by atoms with Crippen molar-refractivity contribution in [3.05, 3.63) is 0 Å². The maximum absolute atomic E-state index is 13.9. The molecule has 0 bridgehead atoms. The largest absolute Gasteiger partial charge is 0.480 e. The van der Waals surface area contributed by atoms with Crippen molar-refractivity contribution in [1.82, 2.24) is 37.2 Å². The van der Waals surface area contributed by atoms with Crippen LogP contribution in [0.4, 0.5) is 0 Å². The number of rotatable bonds is 27. The van der Waals surface area contributed by atoms with Crippen molar-refractivity contribution in [2.75, 3.05) is 25.2 Å². The second-order valence-electron chi connectivity index (χ2n) is 15.7. The van der Waals surface area contributed by atoms with E-state index in [4.69, 9.17) is 17.2 Å². The number of carbonyl (C=O) groups excluding carboxylic acids is 7. The van der Waals surface area contributed by atoms with Crippen LogP contribution in [0.2, 0.25) is 0 Å². The first-order valence-electron chi connectivity index (χ1n) is 20.5. The van der Waals surface area contributed by atoms with E-state index in [-0.39, 0.29) is 50.0 Å². The average Bonchev–Trinajstić information content (AvgIpc) is 3.18. The number of aliphatic imine (C=N–C) groups is 1. The number of thioether (sulfide) groups is 1. The molecule has 0 radical (unpaired) electrons. The summed E-state index contributed by atoms with van der Waals surface area (Å²) in [5.41, 5.74) is 16.7. The number of aliphatic carboxylic acids is 1. The zero-order chi connectivity index (χ0) is 45.5. The fraction of sp³-hybridized carbons (Fsp3) is 0.763. The molecule has 0 aromatic heterocycles. The molecule has 8 atom stereocenters. The van der Waals surface area contributed by atoms with Crippen LogP contribution >= 0.6 is 11.8 Å². The van der Waals surface area contributed by atoms with Gasteiger partial charge in [0.15, 0.2) is 5.96 Å². The standard InChI is InChI=1S/C38H69N11O10S/c1-20(2)17-28(37(58)59)48-34(55)26(13-10-15-42-38(40)41)46-35(56)27(18-24-11-8-7-9-12-24)47-31(52)22(4)43-30(51)21(3)45-36(57)29(19-50)49-32(53)23(5)44-33(54)25(39)14-16-60-6/h20-29,50H,7-19,39H2,1-6H3,(H,43,51)(H,44,54)(H,45,57)(H,46,56)(H,47,52)(H,48,55)(H,49,53)(H,58,59)(H4,40,41,42)/t21-,22-,23-,25-,26-,27-,28-,29-/m0/s1. The number of carboxylic acids is 1.